The fourth-order valence-corrected chi connectivity index (χ4v) is 1.34. The van der Waals surface area contributed by atoms with Gasteiger partial charge in [0, 0.05) is 6.08 Å². The molecule has 0 radical (unpaired) electrons. The van der Waals surface area contributed by atoms with Gasteiger partial charge in [0.1, 0.15) is 0 Å². The largest absolute Gasteiger partial charge is 0.429 e. The zero-order valence-electron chi connectivity index (χ0n) is 8.70. The Labute approximate surface area is 85.1 Å². The molecule has 0 saturated carbocycles. The second-order valence-electron chi connectivity index (χ2n) is 3.45. The average molecular weight is 198 g/mol. The summed E-state index contributed by atoms with van der Waals surface area (Å²) in [5, 5.41) is 0. The standard InChI is InChI=1S/C11H18O3/c1-2-3-4-5-6-9-13-11-8-7-10(12)14-11/h7-8,11H,2-6,9H2,1H3. The van der Waals surface area contributed by atoms with Gasteiger partial charge in [-0.15, -0.1) is 0 Å². The number of hydrogen-bond donors (Lipinski definition) is 0. The Morgan fingerprint density at radius 3 is 2.79 bits per heavy atom. The van der Waals surface area contributed by atoms with E-state index in [1.165, 1.54) is 31.8 Å². The van der Waals surface area contributed by atoms with Crippen LogP contribution in [0.2, 0.25) is 0 Å². The molecule has 0 N–H and O–H groups in total. The number of carbonyl (C=O) groups is 1. The van der Waals surface area contributed by atoms with Gasteiger partial charge in [0.05, 0.1) is 6.61 Å². The van der Waals surface area contributed by atoms with E-state index in [2.05, 4.69) is 6.92 Å². The quantitative estimate of drug-likeness (QED) is 0.465. The SMILES string of the molecule is CCCCCCCOC1C=CC(=O)O1. The lowest BCUT2D eigenvalue weighted by atomic mass is 10.2. The van der Waals surface area contributed by atoms with Crippen LogP contribution in [0.25, 0.3) is 0 Å². The van der Waals surface area contributed by atoms with Gasteiger partial charge in [0.25, 0.3) is 0 Å². The van der Waals surface area contributed by atoms with Crippen LogP contribution in [0.3, 0.4) is 0 Å². The van der Waals surface area contributed by atoms with Crippen LogP contribution in [0.15, 0.2) is 12.2 Å². The minimum atomic E-state index is -0.436. The van der Waals surface area contributed by atoms with Gasteiger partial charge in [-0.2, -0.15) is 0 Å². The molecule has 1 unspecified atom stereocenters. The second-order valence-corrected chi connectivity index (χ2v) is 3.45. The van der Waals surface area contributed by atoms with Crippen molar-refractivity contribution in [2.45, 2.75) is 45.3 Å². The molecule has 0 amide bonds. The first-order valence-electron chi connectivity index (χ1n) is 5.33. The van der Waals surface area contributed by atoms with Crippen LogP contribution in [0.4, 0.5) is 0 Å². The van der Waals surface area contributed by atoms with E-state index in [9.17, 15) is 4.79 Å². The molecule has 0 aliphatic carbocycles. The van der Waals surface area contributed by atoms with Crippen molar-refractivity contribution in [1.82, 2.24) is 0 Å². The van der Waals surface area contributed by atoms with E-state index in [1.807, 2.05) is 0 Å². The molecule has 0 bridgehead atoms. The molecule has 1 aliphatic heterocycles. The first kappa shape index (κ1) is 11.2. The number of ether oxygens (including phenoxy) is 2. The molecule has 80 valence electrons. The maximum Gasteiger partial charge on any atom is 0.333 e. The zero-order valence-corrected chi connectivity index (χ0v) is 8.70. The third-order valence-corrected chi connectivity index (χ3v) is 2.15. The molecule has 0 saturated heterocycles. The van der Waals surface area contributed by atoms with Crippen molar-refractivity contribution in [2.75, 3.05) is 6.61 Å². The minimum Gasteiger partial charge on any atom is -0.429 e. The number of cyclic esters (lactones) is 1. The van der Waals surface area contributed by atoms with Crippen molar-refractivity contribution in [3.8, 4) is 0 Å². The summed E-state index contributed by atoms with van der Waals surface area (Å²) in [7, 11) is 0. The Kier molecular flexibility index (Phi) is 5.30. The molecule has 1 heterocycles. The molecule has 14 heavy (non-hydrogen) atoms. The summed E-state index contributed by atoms with van der Waals surface area (Å²) < 4.78 is 10.1. The highest BCUT2D eigenvalue weighted by atomic mass is 16.7. The Bertz CT molecular complexity index is 199. The molecule has 3 nitrogen and oxygen atoms in total. The van der Waals surface area contributed by atoms with Crippen LogP contribution in [0, 0.1) is 0 Å². The lowest BCUT2D eigenvalue weighted by Gasteiger charge is -2.09. The van der Waals surface area contributed by atoms with Crippen LogP contribution >= 0.6 is 0 Å². The molecule has 0 aromatic rings. The van der Waals surface area contributed by atoms with E-state index in [1.54, 1.807) is 6.08 Å². The topological polar surface area (TPSA) is 35.5 Å². The molecular formula is C11H18O3. The Balaban J connectivity index is 1.89. The predicted octanol–water partition coefficient (Wildman–Crippen LogP) is 2.41. The Morgan fingerprint density at radius 2 is 2.14 bits per heavy atom. The summed E-state index contributed by atoms with van der Waals surface area (Å²) in [5.74, 6) is -0.305. The maximum atomic E-state index is 10.6. The number of esters is 1. The summed E-state index contributed by atoms with van der Waals surface area (Å²) in [6.45, 7) is 2.87. The van der Waals surface area contributed by atoms with Gasteiger partial charge in [-0.1, -0.05) is 32.6 Å². The van der Waals surface area contributed by atoms with Gasteiger partial charge in [-0.3, -0.25) is 0 Å². The third-order valence-electron chi connectivity index (χ3n) is 2.15. The van der Waals surface area contributed by atoms with Crippen molar-refractivity contribution in [3.05, 3.63) is 12.2 Å². The number of unbranched alkanes of at least 4 members (excludes halogenated alkanes) is 4. The van der Waals surface area contributed by atoms with E-state index in [4.69, 9.17) is 9.47 Å². The minimum absolute atomic E-state index is 0.305. The van der Waals surface area contributed by atoms with E-state index in [-0.39, 0.29) is 5.97 Å². The van der Waals surface area contributed by atoms with Crippen molar-refractivity contribution in [3.63, 3.8) is 0 Å². The second kappa shape index (κ2) is 6.60. The van der Waals surface area contributed by atoms with Gasteiger partial charge in [-0.05, 0) is 12.5 Å². The van der Waals surface area contributed by atoms with Crippen molar-refractivity contribution < 1.29 is 14.3 Å². The fraction of sp³-hybridized carbons (Fsp3) is 0.727. The van der Waals surface area contributed by atoms with Gasteiger partial charge in [-0.25, -0.2) is 4.79 Å². The van der Waals surface area contributed by atoms with E-state index in [0.29, 0.717) is 6.61 Å². The number of rotatable bonds is 7. The molecular weight excluding hydrogens is 180 g/mol. The van der Waals surface area contributed by atoms with Crippen molar-refractivity contribution >= 4 is 5.97 Å². The molecule has 3 heteroatoms. The van der Waals surface area contributed by atoms with Gasteiger partial charge < -0.3 is 9.47 Å². The fourth-order valence-electron chi connectivity index (χ4n) is 1.34. The van der Waals surface area contributed by atoms with Crippen LogP contribution in [0.1, 0.15) is 39.0 Å². The Hall–Kier alpha value is -0.830. The first-order chi connectivity index (χ1) is 6.83. The molecule has 0 aromatic heterocycles. The van der Waals surface area contributed by atoms with Crippen LogP contribution < -0.4 is 0 Å². The summed E-state index contributed by atoms with van der Waals surface area (Å²) in [6.07, 6.45) is 8.66. The highest BCUT2D eigenvalue weighted by Crippen LogP contribution is 2.08. The zero-order chi connectivity index (χ0) is 10.2. The van der Waals surface area contributed by atoms with E-state index < -0.39 is 6.29 Å². The van der Waals surface area contributed by atoms with Crippen LogP contribution in [-0.4, -0.2) is 18.9 Å². The van der Waals surface area contributed by atoms with Gasteiger partial charge in [0.2, 0.25) is 6.29 Å². The lowest BCUT2D eigenvalue weighted by molar-refractivity contribution is -0.158. The summed E-state index contributed by atoms with van der Waals surface area (Å²) in [5.41, 5.74) is 0. The van der Waals surface area contributed by atoms with Gasteiger partial charge in [0.15, 0.2) is 0 Å². The molecule has 1 aliphatic rings. The number of hydrogen-bond acceptors (Lipinski definition) is 3. The van der Waals surface area contributed by atoms with E-state index >= 15 is 0 Å². The number of carbonyl (C=O) groups excluding carboxylic acids is 1. The molecule has 0 aromatic carbocycles. The normalized spacial score (nSPS) is 20.1. The summed E-state index contributed by atoms with van der Waals surface area (Å²) in [4.78, 5) is 10.6. The molecule has 0 fully saturated rings. The van der Waals surface area contributed by atoms with Crippen molar-refractivity contribution in [2.24, 2.45) is 0 Å². The molecule has 0 spiro atoms. The van der Waals surface area contributed by atoms with E-state index in [0.717, 1.165) is 6.42 Å². The molecule has 1 atom stereocenters. The smallest absolute Gasteiger partial charge is 0.333 e. The lowest BCUT2D eigenvalue weighted by Crippen LogP contribution is -2.12. The third kappa shape index (κ3) is 4.42. The van der Waals surface area contributed by atoms with Gasteiger partial charge >= 0.3 is 5.97 Å². The average Bonchev–Trinajstić information content (AvgIpc) is 2.58. The highest BCUT2D eigenvalue weighted by molar-refractivity contribution is 5.84. The van der Waals surface area contributed by atoms with Crippen molar-refractivity contribution in [1.29, 1.82) is 0 Å². The predicted molar refractivity (Wildman–Crippen MR) is 53.7 cm³/mol. The van der Waals surface area contributed by atoms with Crippen LogP contribution in [0.5, 0.6) is 0 Å². The highest BCUT2D eigenvalue weighted by Gasteiger charge is 2.15. The molecule has 1 rings (SSSR count). The maximum absolute atomic E-state index is 10.6. The van der Waals surface area contributed by atoms with Crippen LogP contribution in [-0.2, 0) is 14.3 Å². The monoisotopic (exact) mass is 198 g/mol. The summed E-state index contributed by atoms with van der Waals surface area (Å²) in [6, 6.07) is 0. The first-order valence-corrected chi connectivity index (χ1v) is 5.33. The Morgan fingerprint density at radius 1 is 1.36 bits per heavy atom. The summed E-state index contributed by atoms with van der Waals surface area (Å²) >= 11 is 0.